The lowest BCUT2D eigenvalue weighted by molar-refractivity contribution is 0.245. The molecule has 1 fully saturated rings. The summed E-state index contributed by atoms with van der Waals surface area (Å²) in [5.41, 5.74) is 1.23. The average molecular weight is 246 g/mol. The summed E-state index contributed by atoms with van der Waals surface area (Å²) in [6.07, 6.45) is 5.55. The van der Waals surface area contributed by atoms with E-state index in [9.17, 15) is 0 Å². The van der Waals surface area contributed by atoms with E-state index in [1.165, 1.54) is 18.7 Å². The van der Waals surface area contributed by atoms with Crippen molar-refractivity contribution in [3.8, 4) is 5.75 Å². The molecule has 1 aromatic carbocycles. The van der Waals surface area contributed by atoms with Gasteiger partial charge in [-0.15, -0.1) is 0 Å². The predicted octanol–water partition coefficient (Wildman–Crippen LogP) is 2.00. The zero-order valence-electron chi connectivity index (χ0n) is 11.1. The van der Waals surface area contributed by atoms with Gasteiger partial charge in [-0.2, -0.15) is 0 Å². The Hall–Kier alpha value is -1.32. The lowest BCUT2D eigenvalue weighted by Crippen LogP contribution is -2.43. The quantitative estimate of drug-likeness (QED) is 0.860. The van der Waals surface area contributed by atoms with E-state index in [0.29, 0.717) is 0 Å². The molecule has 0 aliphatic carbocycles. The number of nitrogens with zero attached hydrogens (tertiary/aromatic N) is 1. The van der Waals surface area contributed by atoms with Gasteiger partial charge in [-0.25, -0.2) is 0 Å². The fourth-order valence-corrected chi connectivity index (χ4v) is 2.13. The van der Waals surface area contributed by atoms with Crippen molar-refractivity contribution in [3.63, 3.8) is 0 Å². The van der Waals surface area contributed by atoms with Crippen LogP contribution in [0.1, 0.15) is 12.0 Å². The first kappa shape index (κ1) is 13.1. The molecule has 1 saturated heterocycles. The van der Waals surface area contributed by atoms with Crippen molar-refractivity contribution in [1.82, 2.24) is 10.2 Å². The fourth-order valence-electron chi connectivity index (χ4n) is 2.13. The summed E-state index contributed by atoms with van der Waals surface area (Å²) in [6, 6.07) is 8.16. The van der Waals surface area contributed by atoms with Crippen molar-refractivity contribution in [2.75, 3.05) is 39.8 Å². The van der Waals surface area contributed by atoms with Crippen LogP contribution < -0.4 is 10.1 Å². The number of ether oxygens (including phenoxy) is 1. The van der Waals surface area contributed by atoms with Crippen LogP contribution in [-0.4, -0.2) is 44.7 Å². The predicted molar refractivity (Wildman–Crippen MR) is 76.0 cm³/mol. The van der Waals surface area contributed by atoms with Crippen molar-refractivity contribution in [2.24, 2.45) is 0 Å². The zero-order valence-corrected chi connectivity index (χ0v) is 11.1. The van der Waals surface area contributed by atoms with Crippen molar-refractivity contribution in [2.45, 2.75) is 6.42 Å². The number of hydrogen-bond donors (Lipinski definition) is 1. The molecule has 3 nitrogen and oxygen atoms in total. The number of methoxy groups -OCH3 is 1. The lowest BCUT2D eigenvalue weighted by Gasteiger charge is -2.26. The molecule has 0 saturated carbocycles. The number of rotatable bonds is 5. The molecule has 18 heavy (non-hydrogen) atoms. The Morgan fingerprint density at radius 2 is 1.94 bits per heavy atom. The molecule has 1 heterocycles. The highest BCUT2D eigenvalue weighted by Crippen LogP contribution is 2.12. The largest absolute Gasteiger partial charge is 0.497 e. The van der Waals surface area contributed by atoms with Gasteiger partial charge in [0.05, 0.1) is 7.11 Å². The van der Waals surface area contributed by atoms with Crippen molar-refractivity contribution in [3.05, 3.63) is 35.9 Å². The Bertz CT molecular complexity index is 367. The number of piperazine rings is 1. The van der Waals surface area contributed by atoms with Gasteiger partial charge < -0.3 is 15.0 Å². The molecule has 0 bridgehead atoms. The molecular formula is C15H22N2O. The molecule has 0 amide bonds. The summed E-state index contributed by atoms with van der Waals surface area (Å²) >= 11 is 0. The van der Waals surface area contributed by atoms with Gasteiger partial charge in [-0.05, 0) is 24.1 Å². The summed E-state index contributed by atoms with van der Waals surface area (Å²) in [4.78, 5) is 2.51. The first-order valence-electron chi connectivity index (χ1n) is 6.62. The van der Waals surface area contributed by atoms with Gasteiger partial charge >= 0.3 is 0 Å². The Morgan fingerprint density at radius 3 is 2.61 bits per heavy atom. The van der Waals surface area contributed by atoms with E-state index in [0.717, 1.165) is 31.8 Å². The van der Waals surface area contributed by atoms with Crippen LogP contribution in [0.3, 0.4) is 0 Å². The van der Waals surface area contributed by atoms with Crippen molar-refractivity contribution < 1.29 is 4.74 Å². The number of hydrogen-bond acceptors (Lipinski definition) is 3. The summed E-state index contributed by atoms with van der Waals surface area (Å²) in [6.45, 7) is 5.77. The Morgan fingerprint density at radius 1 is 1.22 bits per heavy atom. The minimum atomic E-state index is 0.910. The second-order valence-corrected chi connectivity index (χ2v) is 4.56. The molecule has 3 heteroatoms. The molecule has 0 spiro atoms. The van der Waals surface area contributed by atoms with Gasteiger partial charge in [0.15, 0.2) is 0 Å². The van der Waals surface area contributed by atoms with E-state index in [2.05, 4.69) is 34.5 Å². The van der Waals surface area contributed by atoms with Gasteiger partial charge in [-0.1, -0.05) is 24.3 Å². The topological polar surface area (TPSA) is 24.5 Å². The summed E-state index contributed by atoms with van der Waals surface area (Å²) in [5.74, 6) is 0.910. The lowest BCUT2D eigenvalue weighted by atomic mass is 10.2. The Kier molecular flexibility index (Phi) is 5.24. The van der Waals surface area contributed by atoms with E-state index >= 15 is 0 Å². The van der Waals surface area contributed by atoms with Gasteiger partial charge in [0, 0.05) is 32.7 Å². The van der Waals surface area contributed by atoms with Crippen LogP contribution in [-0.2, 0) is 0 Å². The van der Waals surface area contributed by atoms with Crippen LogP contribution in [0, 0.1) is 0 Å². The first-order chi connectivity index (χ1) is 8.88. The monoisotopic (exact) mass is 246 g/mol. The first-order valence-corrected chi connectivity index (χ1v) is 6.62. The zero-order chi connectivity index (χ0) is 12.6. The third kappa shape index (κ3) is 4.17. The maximum Gasteiger partial charge on any atom is 0.118 e. The van der Waals surface area contributed by atoms with Gasteiger partial charge in [0.25, 0.3) is 0 Å². The van der Waals surface area contributed by atoms with Crippen LogP contribution >= 0.6 is 0 Å². The molecule has 98 valence electrons. The van der Waals surface area contributed by atoms with E-state index in [1.54, 1.807) is 7.11 Å². The minimum Gasteiger partial charge on any atom is -0.497 e. The second kappa shape index (κ2) is 7.19. The number of nitrogens with one attached hydrogen (secondary N) is 1. The SMILES string of the molecule is COc1ccc(/C=C/CCN2CCNCC2)cc1. The highest BCUT2D eigenvalue weighted by molar-refractivity contribution is 5.50. The summed E-state index contributed by atoms with van der Waals surface area (Å²) in [5, 5.41) is 3.37. The summed E-state index contributed by atoms with van der Waals surface area (Å²) in [7, 11) is 1.69. The van der Waals surface area contributed by atoms with Gasteiger partial charge in [0.1, 0.15) is 5.75 Å². The molecule has 1 aromatic rings. The molecule has 2 rings (SSSR count). The second-order valence-electron chi connectivity index (χ2n) is 4.56. The third-order valence-corrected chi connectivity index (χ3v) is 3.25. The Labute approximate surface area is 109 Å². The van der Waals surface area contributed by atoms with Gasteiger partial charge in [-0.3, -0.25) is 0 Å². The summed E-state index contributed by atoms with van der Waals surface area (Å²) < 4.78 is 5.14. The third-order valence-electron chi connectivity index (χ3n) is 3.25. The van der Waals surface area contributed by atoms with Crippen molar-refractivity contribution in [1.29, 1.82) is 0 Å². The van der Waals surface area contributed by atoms with E-state index < -0.39 is 0 Å². The fraction of sp³-hybridized carbons (Fsp3) is 0.467. The maximum atomic E-state index is 5.14. The molecule has 1 N–H and O–H groups in total. The van der Waals surface area contributed by atoms with Crippen LogP contribution in [0.15, 0.2) is 30.3 Å². The van der Waals surface area contributed by atoms with Crippen LogP contribution in [0.4, 0.5) is 0 Å². The maximum absolute atomic E-state index is 5.14. The highest BCUT2D eigenvalue weighted by atomic mass is 16.5. The van der Waals surface area contributed by atoms with E-state index in [-0.39, 0.29) is 0 Å². The minimum absolute atomic E-state index is 0.910. The molecule has 0 unspecified atom stereocenters. The highest BCUT2D eigenvalue weighted by Gasteiger charge is 2.07. The average Bonchev–Trinajstić information content (AvgIpc) is 2.45. The van der Waals surface area contributed by atoms with Crippen LogP contribution in [0.25, 0.3) is 6.08 Å². The smallest absolute Gasteiger partial charge is 0.118 e. The molecule has 0 aromatic heterocycles. The Balaban J connectivity index is 1.72. The van der Waals surface area contributed by atoms with Crippen LogP contribution in [0.2, 0.25) is 0 Å². The van der Waals surface area contributed by atoms with Gasteiger partial charge in [0.2, 0.25) is 0 Å². The van der Waals surface area contributed by atoms with Crippen molar-refractivity contribution >= 4 is 6.08 Å². The molecule has 0 radical (unpaired) electrons. The van der Waals surface area contributed by atoms with Crippen LogP contribution in [0.5, 0.6) is 5.75 Å². The molecular weight excluding hydrogens is 224 g/mol. The molecule has 0 atom stereocenters. The normalized spacial score (nSPS) is 17.2. The van der Waals surface area contributed by atoms with E-state index in [1.807, 2.05) is 12.1 Å². The van der Waals surface area contributed by atoms with E-state index in [4.69, 9.17) is 4.74 Å². The molecule has 1 aliphatic rings. The molecule has 1 aliphatic heterocycles. The standard InChI is InChI=1S/C15H22N2O/c1-18-15-7-5-14(6-8-15)4-2-3-11-17-12-9-16-10-13-17/h2,4-8,16H,3,9-13H2,1H3/b4-2+. The number of benzene rings is 1.